The number of carbonyl (C=O) groups excluding carboxylic acids is 1. The molecule has 52 valence electrons. The molecule has 0 aliphatic rings. The van der Waals surface area contributed by atoms with Crippen LogP contribution in [0.15, 0.2) is 6.20 Å². The van der Waals surface area contributed by atoms with Crippen LogP contribution < -0.4 is 5.32 Å². The van der Waals surface area contributed by atoms with Crippen LogP contribution in [0, 0.1) is 0 Å². The zero-order chi connectivity index (χ0) is 7.40. The molecule has 0 aliphatic heterocycles. The lowest BCUT2D eigenvalue weighted by atomic mass is 10.6. The largest absolute Gasteiger partial charge is 0.308 e. The van der Waals surface area contributed by atoms with E-state index in [0.29, 0.717) is 5.82 Å². The minimum atomic E-state index is -0.206. The van der Waals surface area contributed by atoms with Crippen molar-refractivity contribution in [2.24, 2.45) is 0 Å². The lowest BCUT2D eigenvalue weighted by Crippen LogP contribution is -2.08. The molecule has 0 saturated heterocycles. The summed E-state index contributed by atoms with van der Waals surface area (Å²) in [5.74, 6) is 0.102. The summed E-state index contributed by atoms with van der Waals surface area (Å²) in [5, 5.41) is 15.7. The molecule has 10 heavy (non-hydrogen) atoms. The van der Waals surface area contributed by atoms with E-state index in [1.165, 1.54) is 13.1 Å². The highest BCUT2D eigenvalue weighted by molar-refractivity contribution is 5.87. The average molecular weight is 139 g/mol. The number of nitrogens with zero attached hydrogens (tertiary/aromatic N) is 4. The molecule has 0 atom stereocenters. The number of nitrogens with one attached hydrogen (secondary N) is 1. The van der Waals surface area contributed by atoms with Crippen LogP contribution >= 0.6 is 0 Å². The quantitative estimate of drug-likeness (QED) is 0.552. The van der Waals surface area contributed by atoms with Gasteiger partial charge in [-0.2, -0.15) is 0 Å². The maximum atomic E-state index is 10.4. The third-order valence-electron chi connectivity index (χ3n) is 0.728. The van der Waals surface area contributed by atoms with Crippen LogP contribution in [0.25, 0.3) is 0 Å². The van der Waals surface area contributed by atoms with Gasteiger partial charge in [0.15, 0.2) is 5.82 Å². The fourth-order valence-corrected chi connectivity index (χ4v) is 0.435. The van der Waals surface area contributed by atoms with Crippen LogP contribution in [-0.2, 0) is 4.79 Å². The molecule has 1 rings (SSSR count). The van der Waals surface area contributed by atoms with E-state index in [9.17, 15) is 4.79 Å². The molecule has 0 spiro atoms. The highest BCUT2D eigenvalue weighted by Crippen LogP contribution is 1.91. The van der Waals surface area contributed by atoms with Crippen LogP contribution in [0.4, 0.5) is 5.82 Å². The summed E-state index contributed by atoms with van der Waals surface area (Å²) in [4.78, 5) is 10.4. The van der Waals surface area contributed by atoms with Crippen molar-refractivity contribution in [3.05, 3.63) is 6.20 Å². The molecule has 1 aromatic rings. The second kappa shape index (κ2) is 2.81. The first-order valence-electron chi connectivity index (χ1n) is 2.57. The highest BCUT2D eigenvalue weighted by Gasteiger charge is 1.94. The second-order valence-corrected chi connectivity index (χ2v) is 1.59. The third-order valence-corrected chi connectivity index (χ3v) is 0.728. The van der Waals surface area contributed by atoms with Crippen molar-refractivity contribution in [3.8, 4) is 0 Å². The highest BCUT2D eigenvalue weighted by atomic mass is 16.1. The SMILES string of the molecule is CC(=O)Nc1cnnnn1. The topological polar surface area (TPSA) is 80.7 Å². The summed E-state index contributed by atoms with van der Waals surface area (Å²) < 4.78 is 0. The Morgan fingerprint density at radius 2 is 2.40 bits per heavy atom. The lowest BCUT2D eigenvalue weighted by molar-refractivity contribution is -0.114. The van der Waals surface area contributed by atoms with E-state index < -0.39 is 0 Å². The number of hydrogen-bond acceptors (Lipinski definition) is 5. The van der Waals surface area contributed by atoms with Gasteiger partial charge in [0, 0.05) is 6.92 Å². The van der Waals surface area contributed by atoms with Gasteiger partial charge in [0.1, 0.15) is 0 Å². The standard InChI is InChI=1S/C4H5N5O/c1-3(10)6-4-2-5-8-9-7-4/h2H,1H3,(H,6,7,8,10). The Morgan fingerprint density at radius 3 is 2.90 bits per heavy atom. The maximum Gasteiger partial charge on any atom is 0.222 e. The van der Waals surface area contributed by atoms with E-state index >= 15 is 0 Å². The van der Waals surface area contributed by atoms with Crippen molar-refractivity contribution in [3.63, 3.8) is 0 Å². The maximum absolute atomic E-state index is 10.4. The van der Waals surface area contributed by atoms with E-state index in [2.05, 4.69) is 25.9 Å². The van der Waals surface area contributed by atoms with Gasteiger partial charge in [0.25, 0.3) is 0 Å². The van der Waals surface area contributed by atoms with Crippen LogP contribution in [-0.4, -0.2) is 26.5 Å². The van der Waals surface area contributed by atoms with Crippen molar-refractivity contribution in [1.82, 2.24) is 20.6 Å². The number of hydrogen-bond donors (Lipinski definition) is 1. The van der Waals surface area contributed by atoms with Gasteiger partial charge in [-0.1, -0.05) is 0 Å². The number of aromatic nitrogens is 4. The van der Waals surface area contributed by atoms with E-state index in [-0.39, 0.29) is 5.91 Å². The Hall–Kier alpha value is -1.59. The Bertz CT molecular complexity index is 222. The number of anilines is 1. The second-order valence-electron chi connectivity index (χ2n) is 1.59. The summed E-state index contributed by atoms with van der Waals surface area (Å²) in [6.07, 6.45) is 1.31. The molecule has 1 aromatic heterocycles. The number of amides is 1. The normalized spacial score (nSPS) is 8.90. The van der Waals surface area contributed by atoms with Crippen molar-refractivity contribution in [1.29, 1.82) is 0 Å². The van der Waals surface area contributed by atoms with Crippen LogP contribution in [0.1, 0.15) is 6.92 Å². The first kappa shape index (κ1) is 6.53. The van der Waals surface area contributed by atoms with Gasteiger partial charge in [-0.3, -0.25) is 4.79 Å². The molecule has 0 aliphatic carbocycles. The Labute approximate surface area is 56.7 Å². The lowest BCUT2D eigenvalue weighted by Gasteiger charge is -1.94. The first-order chi connectivity index (χ1) is 4.79. The fourth-order valence-electron chi connectivity index (χ4n) is 0.435. The molecule has 0 saturated carbocycles. The Morgan fingerprint density at radius 1 is 1.60 bits per heavy atom. The zero-order valence-corrected chi connectivity index (χ0v) is 5.27. The van der Waals surface area contributed by atoms with E-state index in [4.69, 9.17) is 0 Å². The molecule has 0 bridgehead atoms. The minimum absolute atomic E-state index is 0.206. The average Bonchev–Trinajstić information content (AvgIpc) is 1.88. The molecule has 0 aromatic carbocycles. The summed E-state index contributed by atoms with van der Waals surface area (Å²) in [5.41, 5.74) is 0. The fraction of sp³-hybridized carbons (Fsp3) is 0.250. The van der Waals surface area contributed by atoms with Crippen LogP contribution in [0.5, 0.6) is 0 Å². The van der Waals surface area contributed by atoms with E-state index in [1.54, 1.807) is 0 Å². The molecule has 0 radical (unpaired) electrons. The van der Waals surface area contributed by atoms with Gasteiger partial charge in [-0.15, -0.1) is 10.2 Å². The molecule has 0 unspecified atom stereocenters. The summed E-state index contributed by atoms with van der Waals surface area (Å²) in [7, 11) is 0. The minimum Gasteiger partial charge on any atom is -0.308 e. The predicted octanol–water partition coefficient (Wildman–Crippen LogP) is -0.775. The van der Waals surface area contributed by atoms with Gasteiger partial charge < -0.3 is 5.32 Å². The van der Waals surface area contributed by atoms with Crippen molar-refractivity contribution >= 4 is 11.7 Å². The smallest absolute Gasteiger partial charge is 0.222 e. The molecule has 6 heteroatoms. The van der Waals surface area contributed by atoms with Gasteiger partial charge in [0.05, 0.1) is 6.20 Å². The summed E-state index contributed by atoms with van der Waals surface area (Å²) in [6.45, 7) is 1.38. The number of rotatable bonds is 1. The van der Waals surface area contributed by atoms with Gasteiger partial charge in [-0.25, -0.2) is 0 Å². The van der Waals surface area contributed by atoms with Crippen LogP contribution in [0.3, 0.4) is 0 Å². The van der Waals surface area contributed by atoms with Crippen LogP contribution in [0.2, 0.25) is 0 Å². The Kier molecular flexibility index (Phi) is 1.83. The summed E-state index contributed by atoms with van der Waals surface area (Å²) in [6, 6.07) is 0. The molecular formula is C4H5N5O. The van der Waals surface area contributed by atoms with Gasteiger partial charge in [0.2, 0.25) is 5.91 Å². The van der Waals surface area contributed by atoms with Gasteiger partial charge in [-0.05, 0) is 10.4 Å². The van der Waals surface area contributed by atoms with Crippen molar-refractivity contribution in [2.75, 3.05) is 5.32 Å². The third kappa shape index (κ3) is 1.73. The molecule has 0 fully saturated rings. The monoisotopic (exact) mass is 139 g/mol. The van der Waals surface area contributed by atoms with Crippen molar-refractivity contribution in [2.45, 2.75) is 6.92 Å². The predicted molar refractivity (Wildman–Crippen MR) is 31.9 cm³/mol. The Balaban J connectivity index is 2.67. The first-order valence-corrected chi connectivity index (χ1v) is 2.57. The van der Waals surface area contributed by atoms with E-state index in [1.807, 2.05) is 0 Å². The molecule has 1 N–H and O–H groups in total. The summed E-state index contributed by atoms with van der Waals surface area (Å²) >= 11 is 0. The van der Waals surface area contributed by atoms with E-state index in [0.717, 1.165) is 0 Å². The number of carbonyl (C=O) groups is 1. The molecule has 1 heterocycles. The zero-order valence-electron chi connectivity index (χ0n) is 5.27. The molecule has 6 nitrogen and oxygen atoms in total. The molecule has 1 amide bonds. The van der Waals surface area contributed by atoms with Crippen molar-refractivity contribution < 1.29 is 4.79 Å². The molecular weight excluding hydrogens is 134 g/mol. The van der Waals surface area contributed by atoms with Gasteiger partial charge >= 0.3 is 0 Å².